The number of hydrogen-bond acceptors (Lipinski definition) is 3. The maximum absolute atomic E-state index is 11.4. The van der Waals surface area contributed by atoms with E-state index >= 15 is 0 Å². The number of rotatable bonds is 0. The Labute approximate surface area is 144 Å². The Morgan fingerprint density at radius 1 is 1.00 bits per heavy atom. The van der Waals surface area contributed by atoms with Crippen molar-refractivity contribution in [2.45, 2.75) is 77.2 Å². The van der Waals surface area contributed by atoms with Crippen LogP contribution in [0.25, 0.3) is 0 Å². The summed E-state index contributed by atoms with van der Waals surface area (Å²) in [6.45, 7) is 8.86. The van der Waals surface area contributed by atoms with Crippen molar-refractivity contribution in [2.75, 3.05) is 0 Å². The fourth-order valence-electron chi connectivity index (χ4n) is 7.01. The third-order valence-corrected chi connectivity index (χ3v) is 8.72. The van der Waals surface area contributed by atoms with Crippen molar-refractivity contribution in [1.82, 2.24) is 0 Å². The third kappa shape index (κ3) is 1.49. The highest BCUT2D eigenvalue weighted by Gasteiger charge is 2.73. The zero-order chi connectivity index (χ0) is 17.5. The Kier molecular flexibility index (Phi) is 3.04. The number of phenols is 2. The van der Waals surface area contributed by atoms with Gasteiger partial charge >= 0.3 is 0 Å². The lowest BCUT2D eigenvalue weighted by molar-refractivity contribution is -0.204. The summed E-state index contributed by atoms with van der Waals surface area (Å²) in [7, 11) is 0. The van der Waals surface area contributed by atoms with Crippen molar-refractivity contribution in [2.24, 2.45) is 16.7 Å². The lowest BCUT2D eigenvalue weighted by Gasteiger charge is -2.68. The molecule has 3 aliphatic carbocycles. The van der Waals surface area contributed by atoms with Crippen LogP contribution in [0.3, 0.4) is 0 Å². The van der Waals surface area contributed by atoms with Crippen LogP contribution in [-0.2, 0) is 11.8 Å². The molecule has 132 valence electrons. The average Bonchev–Trinajstić information content (AvgIpc) is 2.79. The molecule has 0 aliphatic heterocycles. The predicted molar refractivity (Wildman–Crippen MR) is 94.2 cm³/mol. The Morgan fingerprint density at radius 3 is 2.38 bits per heavy atom. The van der Waals surface area contributed by atoms with Crippen LogP contribution >= 0.6 is 0 Å². The fraction of sp³-hybridized carbons (Fsp3) is 0.714. The molecule has 0 aromatic heterocycles. The molecule has 3 aliphatic rings. The highest BCUT2D eigenvalue weighted by atomic mass is 16.3. The number of benzene rings is 1. The minimum atomic E-state index is -0.758. The van der Waals surface area contributed by atoms with Crippen LogP contribution in [0.15, 0.2) is 12.1 Å². The minimum absolute atomic E-state index is 0.0525. The van der Waals surface area contributed by atoms with Gasteiger partial charge in [0.25, 0.3) is 0 Å². The molecular formula is C21H30O3. The van der Waals surface area contributed by atoms with Crippen LogP contribution in [-0.4, -0.2) is 20.9 Å². The molecule has 3 heteroatoms. The predicted octanol–water partition coefficient (Wildman–Crippen LogP) is 4.27. The number of hydrogen-bond donors (Lipinski definition) is 3. The van der Waals surface area contributed by atoms with E-state index in [4.69, 9.17) is 0 Å². The van der Waals surface area contributed by atoms with Crippen molar-refractivity contribution in [3.63, 3.8) is 0 Å². The molecule has 4 rings (SSSR count). The monoisotopic (exact) mass is 330 g/mol. The van der Waals surface area contributed by atoms with Crippen molar-refractivity contribution in [3.05, 3.63) is 23.3 Å². The van der Waals surface area contributed by atoms with Gasteiger partial charge in [0.05, 0.1) is 5.60 Å². The first-order valence-corrected chi connectivity index (χ1v) is 9.37. The van der Waals surface area contributed by atoms with Gasteiger partial charge in [0.15, 0.2) is 0 Å². The number of aliphatic hydroxyl groups is 1. The molecule has 5 unspecified atom stereocenters. The summed E-state index contributed by atoms with van der Waals surface area (Å²) in [6.07, 6.45) is 5.58. The van der Waals surface area contributed by atoms with E-state index < -0.39 is 5.60 Å². The van der Waals surface area contributed by atoms with Crippen LogP contribution in [0.4, 0.5) is 0 Å². The molecule has 1 aromatic carbocycles. The molecule has 0 amide bonds. The molecule has 5 atom stereocenters. The van der Waals surface area contributed by atoms with Gasteiger partial charge in [-0.3, -0.25) is 0 Å². The lowest BCUT2D eigenvalue weighted by Crippen LogP contribution is -2.68. The third-order valence-electron chi connectivity index (χ3n) is 8.72. The second kappa shape index (κ2) is 4.49. The number of fused-ring (bicyclic) bond motifs is 1. The van der Waals surface area contributed by atoms with Crippen LogP contribution in [0.5, 0.6) is 11.5 Å². The first-order valence-electron chi connectivity index (χ1n) is 9.37. The Bertz CT molecular complexity index is 709. The summed E-state index contributed by atoms with van der Waals surface area (Å²) in [4.78, 5) is 0. The average molecular weight is 330 g/mol. The molecule has 0 heterocycles. The smallest absolute Gasteiger partial charge is 0.119 e. The van der Waals surface area contributed by atoms with Crippen molar-refractivity contribution in [1.29, 1.82) is 0 Å². The molecule has 1 aromatic rings. The van der Waals surface area contributed by atoms with E-state index in [2.05, 4.69) is 20.8 Å². The maximum atomic E-state index is 11.4. The number of aromatic hydroxyl groups is 2. The molecule has 24 heavy (non-hydrogen) atoms. The summed E-state index contributed by atoms with van der Waals surface area (Å²) in [5, 5.41) is 32.8. The first kappa shape index (κ1) is 16.3. The van der Waals surface area contributed by atoms with Crippen LogP contribution in [0.1, 0.15) is 70.9 Å². The summed E-state index contributed by atoms with van der Waals surface area (Å²) in [5.41, 5.74) is 0.456. The second-order valence-electron chi connectivity index (χ2n) is 9.36. The highest BCUT2D eigenvalue weighted by Crippen LogP contribution is 2.75. The SMILES string of the molecule is CC1CCC2(C)C(C)(O)CCCC23c2c(O)ccc(O)c2CC13C. The first-order chi connectivity index (χ1) is 11.1. The van der Waals surface area contributed by atoms with Gasteiger partial charge in [0, 0.05) is 22.0 Å². The van der Waals surface area contributed by atoms with E-state index in [1.807, 2.05) is 6.92 Å². The second-order valence-corrected chi connectivity index (χ2v) is 9.36. The summed E-state index contributed by atoms with van der Waals surface area (Å²) in [5.74, 6) is 1.09. The highest BCUT2D eigenvalue weighted by molar-refractivity contribution is 5.59. The molecule has 0 saturated heterocycles. The lowest BCUT2D eigenvalue weighted by atomic mass is 9.36. The van der Waals surface area contributed by atoms with Crippen molar-refractivity contribution < 1.29 is 15.3 Å². The molecular weight excluding hydrogens is 300 g/mol. The van der Waals surface area contributed by atoms with Crippen LogP contribution < -0.4 is 0 Å². The number of phenolic OH excluding ortho intramolecular Hbond substituents is 2. The van der Waals surface area contributed by atoms with E-state index in [9.17, 15) is 15.3 Å². The van der Waals surface area contributed by atoms with Gasteiger partial charge in [0.2, 0.25) is 0 Å². The zero-order valence-electron chi connectivity index (χ0n) is 15.3. The summed E-state index contributed by atoms with van der Waals surface area (Å²) >= 11 is 0. The zero-order valence-corrected chi connectivity index (χ0v) is 15.3. The molecule has 0 radical (unpaired) electrons. The molecule has 0 bridgehead atoms. The Morgan fingerprint density at radius 2 is 1.67 bits per heavy atom. The summed E-state index contributed by atoms with van der Waals surface area (Å²) < 4.78 is 0. The van der Waals surface area contributed by atoms with Gasteiger partial charge in [-0.05, 0) is 68.9 Å². The van der Waals surface area contributed by atoms with E-state index in [1.165, 1.54) is 0 Å². The van der Waals surface area contributed by atoms with E-state index in [1.54, 1.807) is 12.1 Å². The van der Waals surface area contributed by atoms with Crippen LogP contribution in [0, 0.1) is 16.7 Å². The topological polar surface area (TPSA) is 60.7 Å². The molecule has 2 fully saturated rings. The quantitative estimate of drug-likeness (QED) is 0.623. The van der Waals surface area contributed by atoms with E-state index in [0.717, 1.165) is 49.7 Å². The molecule has 3 nitrogen and oxygen atoms in total. The van der Waals surface area contributed by atoms with Gasteiger partial charge < -0.3 is 15.3 Å². The Hall–Kier alpha value is -1.22. The van der Waals surface area contributed by atoms with Crippen molar-refractivity contribution in [3.8, 4) is 11.5 Å². The van der Waals surface area contributed by atoms with Crippen LogP contribution in [0.2, 0.25) is 0 Å². The van der Waals surface area contributed by atoms with E-state index in [-0.39, 0.29) is 16.2 Å². The van der Waals surface area contributed by atoms with Gasteiger partial charge in [-0.2, -0.15) is 0 Å². The molecule has 3 N–H and O–H groups in total. The summed E-state index contributed by atoms with van der Waals surface area (Å²) in [6, 6.07) is 3.26. The molecule has 2 saturated carbocycles. The normalized spacial score (nSPS) is 47.0. The van der Waals surface area contributed by atoms with Crippen molar-refractivity contribution >= 4 is 0 Å². The Balaban J connectivity index is 2.10. The van der Waals surface area contributed by atoms with Gasteiger partial charge in [-0.15, -0.1) is 0 Å². The van der Waals surface area contributed by atoms with E-state index in [0.29, 0.717) is 17.4 Å². The van der Waals surface area contributed by atoms with Gasteiger partial charge in [0.1, 0.15) is 11.5 Å². The maximum Gasteiger partial charge on any atom is 0.119 e. The van der Waals surface area contributed by atoms with Gasteiger partial charge in [-0.1, -0.05) is 20.8 Å². The standard InChI is InChI=1S/C21H30O3/c1-13-8-11-19(3)20(4,24)9-5-10-21(19)17-14(12-18(13,21)2)15(22)6-7-16(17)23/h6-7,13,22-24H,5,8-12H2,1-4H3. The van der Waals surface area contributed by atoms with Gasteiger partial charge in [-0.25, -0.2) is 0 Å². The minimum Gasteiger partial charge on any atom is -0.508 e. The largest absolute Gasteiger partial charge is 0.508 e. The fourth-order valence-corrected chi connectivity index (χ4v) is 7.01. The molecule has 1 spiro atoms.